The largest absolute Gasteiger partial charge is 0.416 e. The molecule has 1 saturated heterocycles. The van der Waals surface area contributed by atoms with Gasteiger partial charge in [0.2, 0.25) is 0 Å². The second-order valence-electron chi connectivity index (χ2n) is 8.31. The highest BCUT2D eigenvalue weighted by atomic mass is 19.4. The third-order valence-electron chi connectivity index (χ3n) is 6.05. The van der Waals surface area contributed by atoms with E-state index in [1.807, 2.05) is 19.1 Å². The number of H-pyrrole nitrogens is 1. The van der Waals surface area contributed by atoms with Crippen LogP contribution in [0, 0.1) is 6.92 Å². The van der Waals surface area contributed by atoms with Crippen molar-refractivity contribution in [2.45, 2.75) is 25.1 Å². The number of rotatable bonds is 4. The van der Waals surface area contributed by atoms with Crippen molar-refractivity contribution in [1.29, 1.82) is 0 Å². The van der Waals surface area contributed by atoms with Gasteiger partial charge in [-0.25, -0.2) is 4.98 Å². The molecule has 0 radical (unpaired) electrons. The quantitative estimate of drug-likeness (QED) is 0.425. The van der Waals surface area contributed by atoms with Crippen LogP contribution in [0.15, 0.2) is 54.9 Å². The lowest BCUT2D eigenvalue weighted by Crippen LogP contribution is -2.40. The maximum absolute atomic E-state index is 13.5. The summed E-state index contributed by atoms with van der Waals surface area (Å²) < 4.78 is 40.6. The SMILES string of the molecule is Cc1cc(-c2n[nH]c3ncc(C(=O)NC4CNCC4c4ccccc4C(F)(F)F)cc23)ccn1. The Morgan fingerprint density at radius 1 is 1.12 bits per heavy atom. The molecule has 3 aromatic heterocycles. The minimum atomic E-state index is -4.47. The third-order valence-corrected chi connectivity index (χ3v) is 6.05. The molecule has 1 fully saturated rings. The fourth-order valence-corrected chi connectivity index (χ4v) is 4.43. The Labute approximate surface area is 192 Å². The fraction of sp³-hybridized carbons (Fsp3) is 0.250. The van der Waals surface area contributed by atoms with Gasteiger partial charge in [-0.3, -0.25) is 14.9 Å². The molecule has 0 saturated carbocycles. The lowest BCUT2D eigenvalue weighted by Gasteiger charge is -2.23. The predicted octanol–water partition coefficient (Wildman–Crippen LogP) is 3.83. The average Bonchev–Trinajstić information content (AvgIpc) is 3.45. The summed E-state index contributed by atoms with van der Waals surface area (Å²) in [6.45, 7) is 2.58. The Balaban J connectivity index is 1.42. The average molecular weight is 466 g/mol. The first-order chi connectivity index (χ1) is 16.3. The first-order valence-corrected chi connectivity index (χ1v) is 10.8. The number of carbonyl (C=O) groups excluding carboxylic acids is 1. The standard InChI is InChI=1S/C24H21F3N6O/c1-13-8-14(6-7-29-13)21-17-9-15(10-30-22(17)33-32-21)23(34)31-20-12-28-11-18(20)16-4-2-3-5-19(16)24(25,26)27/h2-10,18,20,28H,11-12H2,1H3,(H,31,34)(H,30,32,33). The minimum Gasteiger partial charge on any atom is -0.347 e. The van der Waals surface area contributed by atoms with Crippen LogP contribution in [0.3, 0.4) is 0 Å². The highest BCUT2D eigenvalue weighted by molar-refractivity contribution is 6.00. The fourth-order valence-electron chi connectivity index (χ4n) is 4.43. The van der Waals surface area contributed by atoms with Gasteiger partial charge in [-0.05, 0) is 36.8 Å². The normalized spacial score (nSPS) is 18.4. The van der Waals surface area contributed by atoms with Gasteiger partial charge in [0.15, 0.2) is 5.65 Å². The Kier molecular flexibility index (Phi) is 5.52. The van der Waals surface area contributed by atoms with Crippen LogP contribution in [-0.4, -0.2) is 45.2 Å². The summed E-state index contributed by atoms with van der Waals surface area (Å²) in [5.74, 6) is -0.918. The van der Waals surface area contributed by atoms with Crippen LogP contribution in [0.5, 0.6) is 0 Å². The molecule has 5 rings (SSSR count). The van der Waals surface area contributed by atoms with E-state index in [9.17, 15) is 18.0 Å². The first kappa shape index (κ1) is 22.0. The number of nitrogens with zero attached hydrogens (tertiary/aromatic N) is 3. The third kappa shape index (κ3) is 4.12. The van der Waals surface area contributed by atoms with Gasteiger partial charge in [-0.15, -0.1) is 0 Å². The number of halogens is 3. The number of aryl methyl sites for hydroxylation is 1. The van der Waals surface area contributed by atoms with Gasteiger partial charge in [0, 0.05) is 54.1 Å². The number of amides is 1. The molecule has 1 amide bonds. The van der Waals surface area contributed by atoms with E-state index in [1.165, 1.54) is 18.3 Å². The number of pyridine rings is 2. The molecule has 1 aliphatic heterocycles. The summed E-state index contributed by atoms with van der Waals surface area (Å²) >= 11 is 0. The van der Waals surface area contributed by atoms with Crippen LogP contribution in [0.1, 0.15) is 33.1 Å². The topological polar surface area (TPSA) is 95.6 Å². The molecule has 174 valence electrons. The lowest BCUT2D eigenvalue weighted by molar-refractivity contribution is -0.138. The van der Waals surface area contributed by atoms with Gasteiger partial charge >= 0.3 is 6.18 Å². The van der Waals surface area contributed by atoms with E-state index in [2.05, 4.69) is 30.8 Å². The molecule has 0 aliphatic carbocycles. The zero-order chi connectivity index (χ0) is 23.9. The maximum atomic E-state index is 13.5. The van der Waals surface area contributed by atoms with Crippen molar-refractivity contribution in [1.82, 2.24) is 30.8 Å². The van der Waals surface area contributed by atoms with Gasteiger partial charge in [-0.2, -0.15) is 18.3 Å². The molecule has 0 bridgehead atoms. The molecule has 4 aromatic rings. The van der Waals surface area contributed by atoms with E-state index < -0.39 is 29.6 Å². The number of hydrogen-bond donors (Lipinski definition) is 3. The molecule has 2 atom stereocenters. The van der Waals surface area contributed by atoms with Crippen LogP contribution in [0.25, 0.3) is 22.3 Å². The number of hydrogen-bond acceptors (Lipinski definition) is 5. The molecule has 4 heterocycles. The summed E-state index contributed by atoms with van der Waals surface area (Å²) in [4.78, 5) is 21.6. The van der Waals surface area contributed by atoms with E-state index in [4.69, 9.17) is 0 Å². The van der Waals surface area contributed by atoms with Crippen LogP contribution in [-0.2, 0) is 6.18 Å². The first-order valence-electron chi connectivity index (χ1n) is 10.8. The number of fused-ring (bicyclic) bond motifs is 1. The minimum absolute atomic E-state index is 0.170. The number of aromatic nitrogens is 4. The van der Waals surface area contributed by atoms with E-state index in [1.54, 1.807) is 18.3 Å². The van der Waals surface area contributed by atoms with E-state index in [0.29, 0.717) is 35.4 Å². The number of carbonyl (C=O) groups is 1. The van der Waals surface area contributed by atoms with Gasteiger partial charge in [0.05, 0.1) is 11.1 Å². The van der Waals surface area contributed by atoms with Crippen molar-refractivity contribution in [3.05, 3.63) is 77.2 Å². The predicted molar refractivity (Wildman–Crippen MR) is 120 cm³/mol. The van der Waals surface area contributed by atoms with Crippen LogP contribution in [0.2, 0.25) is 0 Å². The summed E-state index contributed by atoms with van der Waals surface area (Å²) in [5, 5.41) is 13.9. The molecule has 3 N–H and O–H groups in total. The van der Waals surface area contributed by atoms with E-state index >= 15 is 0 Å². The van der Waals surface area contributed by atoms with E-state index in [-0.39, 0.29) is 5.56 Å². The van der Waals surface area contributed by atoms with Crippen molar-refractivity contribution < 1.29 is 18.0 Å². The second-order valence-corrected chi connectivity index (χ2v) is 8.31. The lowest BCUT2D eigenvalue weighted by atomic mass is 9.90. The Bertz CT molecular complexity index is 1370. The Morgan fingerprint density at radius 2 is 1.94 bits per heavy atom. The van der Waals surface area contributed by atoms with Gasteiger partial charge < -0.3 is 10.6 Å². The van der Waals surface area contributed by atoms with Crippen molar-refractivity contribution in [2.24, 2.45) is 0 Å². The van der Waals surface area contributed by atoms with Gasteiger partial charge in [0.25, 0.3) is 5.91 Å². The van der Waals surface area contributed by atoms with Crippen molar-refractivity contribution in [3.63, 3.8) is 0 Å². The molecule has 10 heteroatoms. The molecule has 7 nitrogen and oxygen atoms in total. The Hall–Kier alpha value is -3.79. The molecular weight excluding hydrogens is 445 g/mol. The molecule has 1 aliphatic rings. The van der Waals surface area contributed by atoms with Crippen molar-refractivity contribution in [3.8, 4) is 11.3 Å². The number of aromatic amines is 1. The monoisotopic (exact) mass is 466 g/mol. The van der Waals surface area contributed by atoms with Crippen molar-refractivity contribution >= 4 is 16.9 Å². The van der Waals surface area contributed by atoms with Crippen LogP contribution in [0.4, 0.5) is 13.2 Å². The summed E-state index contributed by atoms with van der Waals surface area (Å²) in [6, 6.07) is 10.4. The maximum Gasteiger partial charge on any atom is 0.416 e. The summed E-state index contributed by atoms with van der Waals surface area (Å²) in [7, 11) is 0. The second kappa shape index (κ2) is 8.53. The van der Waals surface area contributed by atoms with E-state index in [0.717, 1.165) is 17.3 Å². The zero-order valence-electron chi connectivity index (χ0n) is 18.1. The number of alkyl halides is 3. The van der Waals surface area contributed by atoms with Crippen LogP contribution >= 0.6 is 0 Å². The summed E-state index contributed by atoms with van der Waals surface area (Å²) in [6.07, 6.45) is -1.36. The number of nitrogens with one attached hydrogen (secondary N) is 3. The Morgan fingerprint density at radius 3 is 2.74 bits per heavy atom. The molecule has 1 aromatic carbocycles. The highest BCUT2D eigenvalue weighted by Crippen LogP contribution is 2.37. The molecule has 2 unspecified atom stereocenters. The van der Waals surface area contributed by atoms with Gasteiger partial charge in [0.1, 0.15) is 5.69 Å². The van der Waals surface area contributed by atoms with Crippen LogP contribution < -0.4 is 10.6 Å². The highest BCUT2D eigenvalue weighted by Gasteiger charge is 2.39. The smallest absolute Gasteiger partial charge is 0.347 e. The summed E-state index contributed by atoms with van der Waals surface area (Å²) in [5.41, 5.74) is 2.63. The molecule has 34 heavy (non-hydrogen) atoms. The van der Waals surface area contributed by atoms with Gasteiger partial charge in [-0.1, -0.05) is 18.2 Å². The molecule has 0 spiro atoms. The zero-order valence-corrected chi connectivity index (χ0v) is 18.1. The number of benzene rings is 1. The molecular formula is C24H21F3N6O. The van der Waals surface area contributed by atoms with Crippen molar-refractivity contribution in [2.75, 3.05) is 13.1 Å².